The van der Waals surface area contributed by atoms with E-state index in [9.17, 15) is 4.79 Å². The van der Waals surface area contributed by atoms with Crippen LogP contribution in [0, 0.1) is 5.92 Å². The highest BCUT2D eigenvalue weighted by atomic mass is 16.5. The molecule has 1 aromatic carbocycles. The average Bonchev–Trinajstić information content (AvgIpc) is 2.48. The fourth-order valence-electron chi connectivity index (χ4n) is 2.17. The molecule has 0 spiro atoms. The summed E-state index contributed by atoms with van der Waals surface area (Å²) in [6.45, 7) is 0. The maximum atomic E-state index is 12.2. The number of nitrogens with one attached hydrogen (secondary N) is 1. The van der Waals surface area contributed by atoms with E-state index < -0.39 is 0 Å². The van der Waals surface area contributed by atoms with Crippen LogP contribution in [0.15, 0.2) is 30.4 Å². The van der Waals surface area contributed by atoms with Gasteiger partial charge in [-0.05, 0) is 31.4 Å². The van der Waals surface area contributed by atoms with E-state index in [0.29, 0.717) is 17.2 Å². The molecule has 19 heavy (non-hydrogen) atoms. The van der Waals surface area contributed by atoms with Crippen molar-refractivity contribution in [1.29, 1.82) is 0 Å². The molecule has 0 aliphatic heterocycles. The molecule has 0 bridgehead atoms. The monoisotopic (exact) mass is 261 g/mol. The first kappa shape index (κ1) is 13.5. The zero-order valence-corrected chi connectivity index (χ0v) is 11.3. The van der Waals surface area contributed by atoms with E-state index in [-0.39, 0.29) is 11.8 Å². The van der Waals surface area contributed by atoms with Gasteiger partial charge in [-0.2, -0.15) is 0 Å². The molecular weight excluding hydrogens is 242 g/mol. The van der Waals surface area contributed by atoms with Gasteiger partial charge in [0.05, 0.1) is 19.9 Å². The van der Waals surface area contributed by atoms with E-state index in [1.165, 1.54) is 0 Å². The third-order valence-electron chi connectivity index (χ3n) is 3.31. The first-order valence-corrected chi connectivity index (χ1v) is 6.42. The third-order valence-corrected chi connectivity index (χ3v) is 3.31. The normalized spacial score (nSPS) is 17.9. The average molecular weight is 261 g/mol. The molecular formula is C15H19NO3. The van der Waals surface area contributed by atoms with Crippen LogP contribution in [-0.4, -0.2) is 20.1 Å². The fourth-order valence-corrected chi connectivity index (χ4v) is 2.17. The summed E-state index contributed by atoms with van der Waals surface area (Å²) >= 11 is 0. The number of carbonyl (C=O) groups is 1. The van der Waals surface area contributed by atoms with Gasteiger partial charge in [0.15, 0.2) is 0 Å². The van der Waals surface area contributed by atoms with Crippen molar-refractivity contribution in [2.24, 2.45) is 5.92 Å². The quantitative estimate of drug-likeness (QED) is 0.847. The predicted molar refractivity (Wildman–Crippen MR) is 74.7 cm³/mol. The summed E-state index contributed by atoms with van der Waals surface area (Å²) in [6.07, 6.45) is 6.87. The number of rotatable bonds is 4. The number of anilines is 1. The van der Waals surface area contributed by atoms with Gasteiger partial charge in [0.1, 0.15) is 11.5 Å². The molecule has 1 N–H and O–H groups in total. The highest BCUT2D eigenvalue weighted by Crippen LogP contribution is 2.30. The Balaban J connectivity index is 2.09. The number of ether oxygens (including phenoxy) is 2. The maximum Gasteiger partial charge on any atom is 0.227 e. The number of benzene rings is 1. The van der Waals surface area contributed by atoms with E-state index in [1.54, 1.807) is 32.4 Å². The lowest BCUT2D eigenvalue weighted by atomic mass is 9.93. The number of allylic oxidation sites excluding steroid dienone is 2. The summed E-state index contributed by atoms with van der Waals surface area (Å²) < 4.78 is 10.4. The van der Waals surface area contributed by atoms with Crippen LogP contribution in [0.4, 0.5) is 5.69 Å². The Morgan fingerprint density at radius 3 is 2.74 bits per heavy atom. The Morgan fingerprint density at radius 2 is 2.11 bits per heavy atom. The molecule has 2 rings (SSSR count). The van der Waals surface area contributed by atoms with Crippen LogP contribution in [0.3, 0.4) is 0 Å². The summed E-state index contributed by atoms with van der Waals surface area (Å²) in [7, 11) is 3.18. The molecule has 0 aromatic heterocycles. The van der Waals surface area contributed by atoms with Gasteiger partial charge in [0.2, 0.25) is 5.91 Å². The van der Waals surface area contributed by atoms with E-state index in [2.05, 4.69) is 17.5 Å². The van der Waals surface area contributed by atoms with E-state index in [4.69, 9.17) is 9.47 Å². The fraction of sp³-hybridized carbons (Fsp3) is 0.400. The molecule has 0 saturated carbocycles. The van der Waals surface area contributed by atoms with Crippen molar-refractivity contribution in [1.82, 2.24) is 0 Å². The first-order valence-electron chi connectivity index (χ1n) is 6.42. The summed E-state index contributed by atoms with van der Waals surface area (Å²) in [5.74, 6) is 1.42. The van der Waals surface area contributed by atoms with Crippen molar-refractivity contribution < 1.29 is 14.3 Å². The van der Waals surface area contributed by atoms with Crippen LogP contribution in [0.1, 0.15) is 19.3 Å². The van der Waals surface area contributed by atoms with Crippen molar-refractivity contribution in [3.05, 3.63) is 30.4 Å². The number of hydrogen-bond donors (Lipinski definition) is 1. The molecule has 0 fully saturated rings. The molecule has 1 aliphatic carbocycles. The topological polar surface area (TPSA) is 47.6 Å². The molecule has 1 unspecified atom stereocenters. The minimum atomic E-state index is 0.0489. The molecule has 4 heteroatoms. The van der Waals surface area contributed by atoms with Gasteiger partial charge >= 0.3 is 0 Å². The Morgan fingerprint density at radius 1 is 1.26 bits per heavy atom. The Labute approximate surface area is 113 Å². The molecule has 102 valence electrons. The van der Waals surface area contributed by atoms with Crippen LogP contribution in [0.5, 0.6) is 11.5 Å². The van der Waals surface area contributed by atoms with Crippen LogP contribution in [0.25, 0.3) is 0 Å². The lowest BCUT2D eigenvalue weighted by Crippen LogP contribution is -2.23. The molecule has 1 aliphatic rings. The second-order valence-corrected chi connectivity index (χ2v) is 4.54. The second kappa shape index (κ2) is 6.27. The summed E-state index contributed by atoms with van der Waals surface area (Å²) in [4.78, 5) is 12.2. The molecule has 0 heterocycles. The van der Waals surface area contributed by atoms with Gasteiger partial charge in [-0.25, -0.2) is 0 Å². The highest BCUT2D eigenvalue weighted by Gasteiger charge is 2.19. The molecule has 4 nitrogen and oxygen atoms in total. The lowest BCUT2D eigenvalue weighted by molar-refractivity contribution is -0.120. The van der Waals surface area contributed by atoms with Gasteiger partial charge in [0, 0.05) is 12.0 Å². The zero-order valence-electron chi connectivity index (χ0n) is 11.3. The summed E-state index contributed by atoms with van der Waals surface area (Å²) in [5.41, 5.74) is 0.683. The maximum absolute atomic E-state index is 12.2. The standard InChI is InChI=1S/C15H19NO3/c1-18-12-8-9-13(14(10-12)19-2)16-15(17)11-6-4-3-5-7-11/h3-4,8-11H,5-7H2,1-2H3,(H,16,17). The van der Waals surface area contributed by atoms with Crippen molar-refractivity contribution in [3.63, 3.8) is 0 Å². The third kappa shape index (κ3) is 3.28. The summed E-state index contributed by atoms with van der Waals surface area (Å²) in [5, 5.41) is 2.93. The largest absolute Gasteiger partial charge is 0.497 e. The van der Waals surface area contributed by atoms with Crippen LogP contribution in [-0.2, 0) is 4.79 Å². The predicted octanol–water partition coefficient (Wildman–Crippen LogP) is 3.00. The number of methoxy groups -OCH3 is 2. The van der Waals surface area contributed by atoms with Crippen LogP contribution < -0.4 is 14.8 Å². The minimum absolute atomic E-state index is 0.0489. The first-order chi connectivity index (χ1) is 9.24. The van der Waals surface area contributed by atoms with Crippen molar-refractivity contribution in [2.45, 2.75) is 19.3 Å². The van der Waals surface area contributed by atoms with Gasteiger partial charge in [-0.15, -0.1) is 0 Å². The Bertz CT molecular complexity index is 482. The smallest absolute Gasteiger partial charge is 0.227 e. The van der Waals surface area contributed by atoms with Crippen molar-refractivity contribution in [3.8, 4) is 11.5 Å². The minimum Gasteiger partial charge on any atom is -0.497 e. The Hall–Kier alpha value is -1.97. The van der Waals surface area contributed by atoms with E-state index >= 15 is 0 Å². The van der Waals surface area contributed by atoms with Gasteiger partial charge < -0.3 is 14.8 Å². The van der Waals surface area contributed by atoms with Crippen LogP contribution >= 0.6 is 0 Å². The highest BCUT2D eigenvalue weighted by molar-refractivity contribution is 5.94. The second-order valence-electron chi connectivity index (χ2n) is 4.54. The SMILES string of the molecule is COc1ccc(NC(=O)C2CC=CCC2)c(OC)c1. The molecule has 1 aromatic rings. The summed E-state index contributed by atoms with van der Waals surface area (Å²) in [6, 6.07) is 5.36. The number of carbonyl (C=O) groups excluding carboxylic acids is 1. The van der Waals surface area contributed by atoms with Crippen molar-refractivity contribution >= 4 is 11.6 Å². The van der Waals surface area contributed by atoms with Crippen molar-refractivity contribution in [2.75, 3.05) is 19.5 Å². The van der Waals surface area contributed by atoms with Crippen LogP contribution in [0.2, 0.25) is 0 Å². The van der Waals surface area contributed by atoms with E-state index in [1.807, 2.05) is 0 Å². The van der Waals surface area contributed by atoms with Gasteiger partial charge in [-0.1, -0.05) is 12.2 Å². The number of amides is 1. The van der Waals surface area contributed by atoms with Gasteiger partial charge in [-0.3, -0.25) is 4.79 Å². The molecule has 1 atom stereocenters. The van der Waals surface area contributed by atoms with Gasteiger partial charge in [0.25, 0.3) is 0 Å². The van der Waals surface area contributed by atoms with E-state index in [0.717, 1.165) is 19.3 Å². The molecule has 0 saturated heterocycles. The zero-order chi connectivity index (χ0) is 13.7. The molecule has 1 amide bonds. The Kier molecular flexibility index (Phi) is 4.44. The molecule has 0 radical (unpaired) electrons. The number of hydrogen-bond acceptors (Lipinski definition) is 3. The lowest BCUT2D eigenvalue weighted by Gasteiger charge is -2.18.